The van der Waals surface area contributed by atoms with E-state index < -0.39 is 6.10 Å². The lowest BCUT2D eigenvalue weighted by Crippen LogP contribution is -2.38. The van der Waals surface area contributed by atoms with E-state index in [9.17, 15) is 13.9 Å². The number of hydrogen-bond donors (Lipinski definition) is 3. The Kier molecular flexibility index (Phi) is 10.1. The molecule has 2 aromatic carbocycles. The van der Waals surface area contributed by atoms with E-state index in [0.29, 0.717) is 31.0 Å². The Morgan fingerprint density at radius 1 is 1.08 bits per heavy atom. The van der Waals surface area contributed by atoms with Gasteiger partial charge in [0.05, 0.1) is 12.6 Å². The number of halogens is 3. The quantitative estimate of drug-likeness (QED) is 0.327. The molecule has 2 aromatic rings. The van der Waals surface area contributed by atoms with Crippen molar-refractivity contribution in [1.29, 1.82) is 0 Å². The summed E-state index contributed by atoms with van der Waals surface area (Å²) >= 11 is 0. The number of nitrogens with one attached hydrogen (secondary N) is 2. The number of nitrogens with zero attached hydrogens (tertiary/aromatic N) is 1. The maximum absolute atomic E-state index is 13.2. The molecule has 0 amide bonds. The predicted octanol–water partition coefficient (Wildman–Crippen LogP) is 3.41. The van der Waals surface area contributed by atoms with Crippen molar-refractivity contribution in [2.45, 2.75) is 19.4 Å². The van der Waals surface area contributed by atoms with Crippen molar-refractivity contribution in [2.75, 3.05) is 19.6 Å². The van der Waals surface area contributed by atoms with Crippen LogP contribution in [-0.4, -0.2) is 30.7 Å². The van der Waals surface area contributed by atoms with Crippen molar-refractivity contribution in [3.05, 3.63) is 71.3 Å². The van der Waals surface area contributed by atoms with E-state index in [1.54, 1.807) is 18.2 Å². The maximum atomic E-state index is 13.2. The van der Waals surface area contributed by atoms with Crippen LogP contribution in [0.1, 0.15) is 24.2 Å². The molecular weight excluding hydrogens is 451 g/mol. The first-order chi connectivity index (χ1) is 12.1. The fraction of sp³-hybridized carbons (Fsp3) is 0.316. The van der Waals surface area contributed by atoms with Crippen LogP contribution < -0.4 is 10.6 Å². The number of benzene rings is 2. The molecule has 1 unspecified atom stereocenters. The highest BCUT2D eigenvalue weighted by Crippen LogP contribution is 2.13. The second-order valence-corrected chi connectivity index (χ2v) is 5.59. The van der Waals surface area contributed by atoms with Gasteiger partial charge in [-0.05, 0) is 48.7 Å². The highest BCUT2D eigenvalue weighted by atomic mass is 127. The van der Waals surface area contributed by atoms with Crippen LogP contribution in [-0.2, 0) is 6.42 Å². The standard InChI is InChI=1S/C19H23F2N3O.HI/c1-2-22-19(23-11-10-14-4-3-5-17(21)12-14)24-13-18(25)15-6-8-16(20)9-7-15;/h3-9,12,18,25H,2,10-11,13H2,1H3,(H2,22,23,24);1H. The molecule has 4 nitrogen and oxygen atoms in total. The van der Waals surface area contributed by atoms with Crippen LogP contribution in [0.3, 0.4) is 0 Å². The molecule has 0 radical (unpaired) electrons. The molecule has 2 rings (SSSR count). The molecule has 0 saturated heterocycles. The highest BCUT2D eigenvalue weighted by Gasteiger charge is 2.07. The average Bonchev–Trinajstić information content (AvgIpc) is 2.60. The fourth-order valence-electron chi connectivity index (χ4n) is 2.33. The van der Waals surface area contributed by atoms with Crippen LogP contribution >= 0.6 is 24.0 Å². The van der Waals surface area contributed by atoms with Crippen molar-refractivity contribution < 1.29 is 13.9 Å². The van der Waals surface area contributed by atoms with Gasteiger partial charge in [0.15, 0.2) is 5.96 Å². The first kappa shape index (κ1) is 22.3. The van der Waals surface area contributed by atoms with Crippen molar-refractivity contribution in [3.63, 3.8) is 0 Å². The molecule has 142 valence electrons. The third-order valence-electron chi connectivity index (χ3n) is 3.62. The number of hydrogen-bond acceptors (Lipinski definition) is 2. The molecule has 0 fully saturated rings. The first-order valence-electron chi connectivity index (χ1n) is 8.28. The molecule has 0 spiro atoms. The van der Waals surface area contributed by atoms with Gasteiger partial charge in [0.1, 0.15) is 11.6 Å². The Morgan fingerprint density at radius 3 is 2.46 bits per heavy atom. The Bertz CT molecular complexity index is 695. The zero-order valence-electron chi connectivity index (χ0n) is 14.6. The SMILES string of the molecule is CCNC(=NCC(O)c1ccc(F)cc1)NCCc1cccc(F)c1.I. The van der Waals surface area contributed by atoms with Gasteiger partial charge < -0.3 is 15.7 Å². The zero-order valence-corrected chi connectivity index (χ0v) is 16.9. The van der Waals surface area contributed by atoms with Gasteiger partial charge in [-0.2, -0.15) is 0 Å². The number of guanidine groups is 1. The molecular formula is C19H24F2IN3O. The molecule has 0 aliphatic heterocycles. The number of rotatable bonds is 7. The van der Waals surface area contributed by atoms with E-state index in [0.717, 1.165) is 5.56 Å². The second-order valence-electron chi connectivity index (χ2n) is 5.59. The summed E-state index contributed by atoms with van der Waals surface area (Å²) in [5.41, 5.74) is 1.51. The summed E-state index contributed by atoms with van der Waals surface area (Å²) in [6, 6.07) is 12.2. The largest absolute Gasteiger partial charge is 0.386 e. The van der Waals surface area contributed by atoms with Crippen molar-refractivity contribution in [1.82, 2.24) is 10.6 Å². The monoisotopic (exact) mass is 475 g/mol. The smallest absolute Gasteiger partial charge is 0.191 e. The Balaban J connectivity index is 0.00000338. The lowest BCUT2D eigenvalue weighted by atomic mass is 10.1. The molecule has 0 bridgehead atoms. The van der Waals surface area contributed by atoms with E-state index in [2.05, 4.69) is 15.6 Å². The zero-order chi connectivity index (χ0) is 18.1. The molecule has 7 heteroatoms. The van der Waals surface area contributed by atoms with Gasteiger partial charge in [0.2, 0.25) is 0 Å². The van der Waals surface area contributed by atoms with Crippen molar-refractivity contribution >= 4 is 29.9 Å². The van der Waals surface area contributed by atoms with Crippen molar-refractivity contribution in [3.8, 4) is 0 Å². The van der Waals surface area contributed by atoms with Crippen LogP contribution in [0, 0.1) is 11.6 Å². The van der Waals surface area contributed by atoms with E-state index in [1.165, 1.54) is 24.3 Å². The predicted molar refractivity (Wildman–Crippen MR) is 111 cm³/mol. The van der Waals surface area contributed by atoms with Crippen molar-refractivity contribution in [2.24, 2.45) is 4.99 Å². The van der Waals surface area contributed by atoms with E-state index >= 15 is 0 Å². The number of aliphatic imine (C=N–C) groups is 1. The topological polar surface area (TPSA) is 56.7 Å². The van der Waals surface area contributed by atoms with Crippen LogP contribution in [0.4, 0.5) is 8.78 Å². The summed E-state index contributed by atoms with van der Waals surface area (Å²) in [6.45, 7) is 3.36. The molecule has 26 heavy (non-hydrogen) atoms. The van der Waals surface area contributed by atoms with Gasteiger partial charge in [-0.25, -0.2) is 8.78 Å². The van der Waals surface area contributed by atoms with Gasteiger partial charge in [-0.3, -0.25) is 4.99 Å². The van der Waals surface area contributed by atoms with Crippen LogP contribution in [0.5, 0.6) is 0 Å². The Morgan fingerprint density at radius 2 is 1.81 bits per heavy atom. The van der Waals surface area contributed by atoms with E-state index in [1.807, 2.05) is 13.0 Å². The number of aliphatic hydroxyl groups is 1. The highest BCUT2D eigenvalue weighted by molar-refractivity contribution is 14.0. The summed E-state index contributed by atoms with van der Waals surface area (Å²) in [5.74, 6) is -0.0210. The summed E-state index contributed by atoms with van der Waals surface area (Å²) in [4.78, 5) is 4.34. The van der Waals surface area contributed by atoms with Crippen LogP contribution in [0.15, 0.2) is 53.5 Å². The first-order valence-corrected chi connectivity index (χ1v) is 8.28. The van der Waals surface area contributed by atoms with Gasteiger partial charge in [0, 0.05) is 13.1 Å². The molecule has 0 aliphatic rings. The molecule has 1 atom stereocenters. The summed E-state index contributed by atoms with van der Waals surface area (Å²) in [6.07, 6.45) is -0.151. The van der Waals surface area contributed by atoms with Gasteiger partial charge >= 0.3 is 0 Å². The summed E-state index contributed by atoms with van der Waals surface area (Å²) < 4.78 is 26.1. The summed E-state index contributed by atoms with van der Waals surface area (Å²) in [7, 11) is 0. The lowest BCUT2D eigenvalue weighted by Gasteiger charge is -2.13. The van der Waals surface area contributed by atoms with E-state index in [-0.39, 0.29) is 42.2 Å². The van der Waals surface area contributed by atoms with Gasteiger partial charge in [-0.15, -0.1) is 24.0 Å². The molecule has 3 N–H and O–H groups in total. The molecule has 0 aromatic heterocycles. The minimum Gasteiger partial charge on any atom is -0.386 e. The molecule has 0 aliphatic carbocycles. The Hall–Kier alpha value is -1.74. The lowest BCUT2D eigenvalue weighted by molar-refractivity contribution is 0.187. The maximum Gasteiger partial charge on any atom is 0.191 e. The van der Waals surface area contributed by atoms with Gasteiger partial charge in [0.25, 0.3) is 0 Å². The van der Waals surface area contributed by atoms with Crippen LogP contribution in [0.25, 0.3) is 0 Å². The van der Waals surface area contributed by atoms with E-state index in [4.69, 9.17) is 0 Å². The minimum absolute atomic E-state index is 0. The average molecular weight is 475 g/mol. The van der Waals surface area contributed by atoms with Gasteiger partial charge in [-0.1, -0.05) is 24.3 Å². The minimum atomic E-state index is -0.806. The summed E-state index contributed by atoms with van der Waals surface area (Å²) in [5, 5.41) is 16.4. The molecule has 0 heterocycles. The second kappa shape index (κ2) is 11.8. The fourth-order valence-corrected chi connectivity index (χ4v) is 2.33. The number of aliphatic hydroxyl groups excluding tert-OH is 1. The normalized spacial score (nSPS) is 12.2. The third-order valence-corrected chi connectivity index (χ3v) is 3.62. The van der Waals surface area contributed by atoms with Crippen LogP contribution in [0.2, 0.25) is 0 Å². The Labute approximate surface area is 169 Å². The molecule has 0 saturated carbocycles. The third kappa shape index (κ3) is 7.65.